The van der Waals surface area contributed by atoms with E-state index in [1.54, 1.807) is 30.3 Å². The van der Waals surface area contributed by atoms with Gasteiger partial charge >= 0.3 is 5.97 Å². The number of carbonyl (C=O) groups is 2. The van der Waals surface area contributed by atoms with Crippen LogP contribution >= 0.6 is 0 Å². The molecule has 3 nitrogen and oxygen atoms in total. The molecule has 0 bridgehead atoms. The maximum atomic E-state index is 13.1. The van der Waals surface area contributed by atoms with Crippen LogP contribution in [0, 0.1) is 5.82 Å². The van der Waals surface area contributed by atoms with E-state index in [2.05, 4.69) is 0 Å². The van der Waals surface area contributed by atoms with Gasteiger partial charge in [0.15, 0.2) is 5.78 Å². The van der Waals surface area contributed by atoms with Gasteiger partial charge in [0.2, 0.25) is 0 Å². The second kappa shape index (κ2) is 6.10. The van der Waals surface area contributed by atoms with Crippen molar-refractivity contribution in [2.75, 3.05) is 0 Å². The lowest BCUT2D eigenvalue weighted by Gasteiger charge is -2.03. The van der Waals surface area contributed by atoms with Crippen molar-refractivity contribution in [1.29, 1.82) is 0 Å². The van der Waals surface area contributed by atoms with Gasteiger partial charge < -0.3 is 5.11 Å². The van der Waals surface area contributed by atoms with Crippen molar-refractivity contribution in [3.63, 3.8) is 0 Å². The third-order valence-corrected chi connectivity index (χ3v) is 2.93. The van der Waals surface area contributed by atoms with Gasteiger partial charge in [-0.15, -0.1) is 0 Å². The zero-order valence-corrected chi connectivity index (χ0v) is 10.7. The second-order valence-electron chi connectivity index (χ2n) is 4.43. The van der Waals surface area contributed by atoms with Crippen LogP contribution in [0.1, 0.15) is 27.9 Å². The van der Waals surface area contributed by atoms with Gasteiger partial charge in [0.25, 0.3) is 0 Å². The van der Waals surface area contributed by atoms with Gasteiger partial charge in [-0.05, 0) is 24.1 Å². The normalized spacial score (nSPS) is 10.2. The van der Waals surface area contributed by atoms with Crippen LogP contribution in [0.2, 0.25) is 0 Å². The molecule has 0 spiro atoms. The molecular weight excluding hydrogens is 259 g/mol. The molecule has 2 rings (SSSR count). The lowest BCUT2D eigenvalue weighted by Crippen LogP contribution is -2.02. The van der Waals surface area contributed by atoms with E-state index >= 15 is 0 Å². The van der Waals surface area contributed by atoms with E-state index in [4.69, 9.17) is 5.11 Å². The van der Waals surface area contributed by atoms with E-state index in [1.807, 2.05) is 0 Å². The highest BCUT2D eigenvalue weighted by Gasteiger charge is 2.09. The van der Waals surface area contributed by atoms with Crippen molar-refractivity contribution in [3.8, 4) is 0 Å². The van der Waals surface area contributed by atoms with Crippen LogP contribution in [0.15, 0.2) is 48.5 Å². The molecule has 0 aliphatic rings. The Bertz CT molecular complexity index is 632. The van der Waals surface area contributed by atoms with Crippen LogP contribution in [0.3, 0.4) is 0 Å². The zero-order valence-electron chi connectivity index (χ0n) is 10.7. The van der Waals surface area contributed by atoms with Gasteiger partial charge in [-0.1, -0.05) is 36.4 Å². The Balaban J connectivity index is 2.13. The number of carbonyl (C=O) groups excluding carboxylic acids is 1. The fourth-order valence-corrected chi connectivity index (χ4v) is 1.87. The SMILES string of the molecule is O=C(O)CCc1ccc(C(=O)c2cccc(F)c2)cc1. The van der Waals surface area contributed by atoms with E-state index in [-0.39, 0.29) is 12.2 Å². The molecule has 1 N–H and O–H groups in total. The summed E-state index contributed by atoms with van der Waals surface area (Å²) in [6.45, 7) is 0. The first-order valence-corrected chi connectivity index (χ1v) is 6.17. The topological polar surface area (TPSA) is 54.4 Å². The summed E-state index contributed by atoms with van der Waals surface area (Å²) in [4.78, 5) is 22.6. The minimum absolute atomic E-state index is 0.0528. The predicted octanol–water partition coefficient (Wildman–Crippen LogP) is 3.07. The minimum Gasteiger partial charge on any atom is -0.481 e. The molecule has 0 aliphatic heterocycles. The molecule has 102 valence electrons. The summed E-state index contributed by atoms with van der Waals surface area (Å²) in [6, 6.07) is 12.2. The van der Waals surface area contributed by atoms with Gasteiger partial charge in [-0.2, -0.15) is 0 Å². The van der Waals surface area contributed by atoms with Crippen molar-refractivity contribution >= 4 is 11.8 Å². The standard InChI is InChI=1S/C16H13FO3/c17-14-3-1-2-13(10-14)16(20)12-7-4-11(5-8-12)6-9-15(18)19/h1-5,7-8,10H,6,9H2,(H,18,19). The molecule has 0 saturated carbocycles. The molecule has 2 aromatic rings. The second-order valence-corrected chi connectivity index (χ2v) is 4.43. The third kappa shape index (κ3) is 3.51. The Morgan fingerprint density at radius 2 is 1.70 bits per heavy atom. The van der Waals surface area contributed by atoms with Crippen molar-refractivity contribution in [2.45, 2.75) is 12.8 Å². The Hall–Kier alpha value is -2.49. The summed E-state index contributed by atoms with van der Waals surface area (Å²) in [7, 11) is 0. The van der Waals surface area contributed by atoms with E-state index in [0.29, 0.717) is 17.5 Å². The summed E-state index contributed by atoms with van der Waals surface area (Å²) in [5.74, 6) is -1.56. The van der Waals surface area contributed by atoms with Gasteiger partial charge in [0.05, 0.1) is 0 Å². The molecule has 0 radical (unpaired) electrons. The number of aryl methyl sites for hydroxylation is 1. The number of hydrogen-bond donors (Lipinski definition) is 1. The maximum Gasteiger partial charge on any atom is 0.303 e. The van der Waals surface area contributed by atoms with Crippen molar-refractivity contribution in [1.82, 2.24) is 0 Å². The quantitative estimate of drug-likeness (QED) is 0.851. The number of rotatable bonds is 5. The molecule has 20 heavy (non-hydrogen) atoms. The zero-order chi connectivity index (χ0) is 14.5. The van der Waals surface area contributed by atoms with E-state index in [1.165, 1.54) is 18.2 Å². The average molecular weight is 272 g/mol. The monoisotopic (exact) mass is 272 g/mol. The van der Waals surface area contributed by atoms with Crippen LogP contribution in [0.5, 0.6) is 0 Å². The fraction of sp³-hybridized carbons (Fsp3) is 0.125. The average Bonchev–Trinajstić information content (AvgIpc) is 2.45. The molecule has 0 amide bonds. The smallest absolute Gasteiger partial charge is 0.303 e. The van der Waals surface area contributed by atoms with Crippen molar-refractivity contribution in [2.24, 2.45) is 0 Å². The maximum absolute atomic E-state index is 13.1. The van der Waals surface area contributed by atoms with Crippen LogP contribution in [-0.2, 0) is 11.2 Å². The van der Waals surface area contributed by atoms with E-state index < -0.39 is 11.8 Å². The lowest BCUT2D eigenvalue weighted by atomic mass is 10.0. The highest BCUT2D eigenvalue weighted by Crippen LogP contribution is 2.13. The van der Waals surface area contributed by atoms with Gasteiger partial charge in [-0.3, -0.25) is 9.59 Å². The number of carboxylic acids is 1. The first kappa shape index (κ1) is 13.9. The molecule has 0 saturated heterocycles. The summed E-state index contributed by atoms with van der Waals surface area (Å²) in [5, 5.41) is 8.60. The number of aliphatic carboxylic acids is 1. The Morgan fingerprint density at radius 3 is 2.30 bits per heavy atom. The Morgan fingerprint density at radius 1 is 1.00 bits per heavy atom. The molecule has 4 heteroatoms. The summed E-state index contributed by atoms with van der Waals surface area (Å²) >= 11 is 0. The summed E-state index contributed by atoms with van der Waals surface area (Å²) in [5.41, 5.74) is 1.60. The number of benzene rings is 2. The number of ketones is 1. The van der Waals surface area contributed by atoms with Gasteiger partial charge in [0, 0.05) is 17.5 Å². The Labute approximate surface area is 115 Å². The van der Waals surface area contributed by atoms with Crippen molar-refractivity contribution in [3.05, 3.63) is 71.0 Å². The van der Waals surface area contributed by atoms with Crippen LogP contribution in [0.4, 0.5) is 4.39 Å². The molecule has 0 fully saturated rings. The summed E-state index contributed by atoms with van der Waals surface area (Å²) < 4.78 is 13.1. The van der Waals surface area contributed by atoms with Crippen LogP contribution in [-0.4, -0.2) is 16.9 Å². The number of hydrogen-bond acceptors (Lipinski definition) is 2. The molecule has 0 aliphatic carbocycles. The number of halogens is 1. The number of carboxylic acid groups (broad SMARTS) is 1. The third-order valence-electron chi connectivity index (χ3n) is 2.93. The molecule has 0 unspecified atom stereocenters. The minimum atomic E-state index is -0.857. The largest absolute Gasteiger partial charge is 0.481 e. The highest BCUT2D eigenvalue weighted by molar-refractivity contribution is 6.08. The first-order valence-electron chi connectivity index (χ1n) is 6.17. The van der Waals surface area contributed by atoms with E-state index in [9.17, 15) is 14.0 Å². The predicted molar refractivity (Wildman–Crippen MR) is 72.2 cm³/mol. The van der Waals surface area contributed by atoms with Crippen molar-refractivity contribution < 1.29 is 19.1 Å². The highest BCUT2D eigenvalue weighted by atomic mass is 19.1. The lowest BCUT2D eigenvalue weighted by molar-refractivity contribution is -0.136. The van der Waals surface area contributed by atoms with Gasteiger partial charge in [-0.25, -0.2) is 4.39 Å². The summed E-state index contributed by atoms with van der Waals surface area (Å²) in [6.07, 6.45) is 0.473. The Kier molecular flexibility index (Phi) is 4.25. The fourth-order valence-electron chi connectivity index (χ4n) is 1.87. The van der Waals surface area contributed by atoms with E-state index in [0.717, 1.165) is 5.56 Å². The van der Waals surface area contributed by atoms with Crippen LogP contribution in [0.25, 0.3) is 0 Å². The molecule has 0 atom stereocenters. The molecule has 0 heterocycles. The van der Waals surface area contributed by atoms with Gasteiger partial charge in [0.1, 0.15) is 5.82 Å². The molecular formula is C16H13FO3. The molecule has 0 aromatic heterocycles. The molecule has 2 aromatic carbocycles. The van der Waals surface area contributed by atoms with Crippen LogP contribution < -0.4 is 0 Å². The first-order chi connectivity index (χ1) is 9.56.